The lowest BCUT2D eigenvalue weighted by atomic mass is 10.2. The fourth-order valence-corrected chi connectivity index (χ4v) is 2.15. The molecule has 1 heterocycles. The van der Waals surface area contributed by atoms with Gasteiger partial charge in [0.1, 0.15) is 5.75 Å². The third-order valence-corrected chi connectivity index (χ3v) is 3.06. The summed E-state index contributed by atoms with van der Waals surface area (Å²) < 4.78 is 8.08. The van der Waals surface area contributed by atoms with E-state index in [1.807, 2.05) is 7.05 Å². The van der Waals surface area contributed by atoms with Gasteiger partial charge in [-0.25, -0.2) is 0 Å². The van der Waals surface area contributed by atoms with Crippen LogP contribution in [0.25, 0.3) is 10.9 Å². The van der Waals surface area contributed by atoms with Gasteiger partial charge in [0, 0.05) is 18.1 Å². The summed E-state index contributed by atoms with van der Waals surface area (Å²) in [6.07, 6.45) is 4.33. The number of hydrogen-bond donors (Lipinski definition) is 1. The van der Waals surface area contributed by atoms with Crippen LogP contribution in [0.15, 0.2) is 30.5 Å². The molecule has 2 aromatic rings. The van der Waals surface area contributed by atoms with Gasteiger partial charge in [0.05, 0.1) is 12.1 Å². The van der Waals surface area contributed by atoms with E-state index in [-0.39, 0.29) is 0 Å². The van der Waals surface area contributed by atoms with Crippen molar-refractivity contribution in [3.63, 3.8) is 0 Å². The van der Waals surface area contributed by atoms with E-state index in [0.717, 1.165) is 38.3 Å². The summed E-state index contributed by atoms with van der Waals surface area (Å²) in [5.41, 5.74) is 1.26. The lowest BCUT2D eigenvalue weighted by Gasteiger charge is -2.08. The first kappa shape index (κ1) is 13.0. The summed E-state index contributed by atoms with van der Waals surface area (Å²) in [5.74, 6) is 1.00. The van der Waals surface area contributed by atoms with Crippen molar-refractivity contribution in [2.24, 2.45) is 0 Å². The standard InChI is InChI=1S/C15H22N2O/c1-3-12-18-15-7-4-6-14-13(15)8-11-17(14)10-5-9-16-2/h4,6-8,11,16H,3,5,9-10,12H2,1-2H3. The molecular formula is C15H22N2O. The number of fused-ring (bicyclic) bond motifs is 1. The minimum atomic E-state index is 0.782. The van der Waals surface area contributed by atoms with Crippen molar-refractivity contribution in [1.82, 2.24) is 9.88 Å². The molecular weight excluding hydrogens is 224 g/mol. The maximum absolute atomic E-state index is 5.78. The van der Waals surface area contributed by atoms with Crippen LogP contribution in [0.3, 0.4) is 0 Å². The summed E-state index contributed by atoms with van der Waals surface area (Å²) in [6, 6.07) is 8.44. The molecule has 0 unspecified atom stereocenters. The third kappa shape index (κ3) is 2.85. The van der Waals surface area contributed by atoms with E-state index in [1.165, 1.54) is 10.9 Å². The predicted molar refractivity (Wildman–Crippen MR) is 76.3 cm³/mol. The molecule has 0 aliphatic rings. The zero-order chi connectivity index (χ0) is 12.8. The molecule has 0 saturated heterocycles. The molecule has 0 bridgehead atoms. The molecule has 0 atom stereocenters. The largest absolute Gasteiger partial charge is 0.493 e. The first-order chi connectivity index (χ1) is 8.86. The van der Waals surface area contributed by atoms with Gasteiger partial charge in [0.25, 0.3) is 0 Å². The SMILES string of the molecule is CCCOc1cccc2c1ccn2CCCNC. The summed E-state index contributed by atoms with van der Waals surface area (Å²) >= 11 is 0. The molecule has 1 aromatic heterocycles. The molecule has 0 saturated carbocycles. The predicted octanol–water partition coefficient (Wildman–Crippen LogP) is 3.04. The fraction of sp³-hybridized carbons (Fsp3) is 0.467. The Morgan fingerprint density at radius 3 is 2.94 bits per heavy atom. The maximum atomic E-state index is 5.78. The number of nitrogens with one attached hydrogen (secondary N) is 1. The Morgan fingerprint density at radius 2 is 2.17 bits per heavy atom. The molecule has 1 aromatic carbocycles. The third-order valence-electron chi connectivity index (χ3n) is 3.06. The van der Waals surface area contributed by atoms with Crippen LogP contribution in [0.1, 0.15) is 19.8 Å². The van der Waals surface area contributed by atoms with Crippen LogP contribution in [0.4, 0.5) is 0 Å². The van der Waals surface area contributed by atoms with Gasteiger partial charge >= 0.3 is 0 Å². The summed E-state index contributed by atoms with van der Waals surface area (Å²) in [7, 11) is 1.99. The van der Waals surface area contributed by atoms with Crippen molar-refractivity contribution in [2.45, 2.75) is 26.3 Å². The second kappa shape index (κ2) is 6.45. The number of aromatic nitrogens is 1. The van der Waals surface area contributed by atoms with Crippen LogP contribution in [0.5, 0.6) is 5.75 Å². The van der Waals surface area contributed by atoms with Crippen LogP contribution >= 0.6 is 0 Å². The maximum Gasteiger partial charge on any atom is 0.128 e. The summed E-state index contributed by atoms with van der Waals surface area (Å²) in [6.45, 7) is 5.00. The van der Waals surface area contributed by atoms with Crippen LogP contribution in [-0.4, -0.2) is 24.8 Å². The number of ether oxygens (including phenoxy) is 1. The first-order valence-electron chi connectivity index (χ1n) is 6.72. The Morgan fingerprint density at radius 1 is 1.28 bits per heavy atom. The van der Waals surface area contributed by atoms with Gasteiger partial charge in [-0.2, -0.15) is 0 Å². The van der Waals surface area contributed by atoms with Crippen LogP contribution in [0, 0.1) is 0 Å². The average molecular weight is 246 g/mol. The molecule has 2 rings (SSSR count). The van der Waals surface area contributed by atoms with Crippen molar-refractivity contribution >= 4 is 10.9 Å². The van der Waals surface area contributed by atoms with Gasteiger partial charge in [-0.15, -0.1) is 0 Å². The van der Waals surface area contributed by atoms with E-state index in [1.54, 1.807) is 0 Å². The lowest BCUT2D eigenvalue weighted by Crippen LogP contribution is -2.10. The average Bonchev–Trinajstić information content (AvgIpc) is 2.81. The molecule has 3 heteroatoms. The van der Waals surface area contributed by atoms with Crippen molar-refractivity contribution in [3.8, 4) is 5.75 Å². The second-order valence-corrected chi connectivity index (χ2v) is 4.50. The molecule has 1 N–H and O–H groups in total. The Labute approximate surface area is 109 Å². The number of benzene rings is 1. The molecule has 0 aliphatic carbocycles. The van der Waals surface area contributed by atoms with Crippen LogP contribution in [-0.2, 0) is 6.54 Å². The monoisotopic (exact) mass is 246 g/mol. The molecule has 0 radical (unpaired) electrons. The van der Waals surface area contributed by atoms with Gasteiger partial charge in [-0.1, -0.05) is 13.0 Å². The number of aryl methyl sites for hydroxylation is 1. The van der Waals surface area contributed by atoms with Crippen LogP contribution < -0.4 is 10.1 Å². The van der Waals surface area contributed by atoms with Crippen molar-refractivity contribution in [3.05, 3.63) is 30.5 Å². The highest BCUT2D eigenvalue weighted by atomic mass is 16.5. The molecule has 3 nitrogen and oxygen atoms in total. The fourth-order valence-electron chi connectivity index (χ4n) is 2.15. The van der Waals surface area contributed by atoms with Gasteiger partial charge < -0.3 is 14.6 Å². The first-order valence-corrected chi connectivity index (χ1v) is 6.72. The second-order valence-electron chi connectivity index (χ2n) is 4.50. The van der Waals surface area contributed by atoms with E-state index in [0.29, 0.717) is 0 Å². The summed E-state index contributed by atoms with van der Waals surface area (Å²) in [4.78, 5) is 0. The molecule has 0 amide bonds. The Balaban J connectivity index is 2.19. The molecule has 0 aliphatic heterocycles. The van der Waals surface area contributed by atoms with Crippen molar-refractivity contribution in [1.29, 1.82) is 0 Å². The van der Waals surface area contributed by atoms with Crippen molar-refractivity contribution < 1.29 is 4.74 Å². The van der Waals surface area contributed by atoms with Crippen LogP contribution in [0.2, 0.25) is 0 Å². The zero-order valence-corrected chi connectivity index (χ0v) is 11.3. The highest BCUT2D eigenvalue weighted by Gasteiger charge is 2.05. The van der Waals surface area contributed by atoms with E-state index in [4.69, 9.17) is 4.74 Å². The van der Waals surface area contributed by atoms with E-state index in [9.17, 15) is 0 Å². The zero-order valence-electron chi connectivity index (χ0n) is 11.3. The highest BCUT2D eigenvalue weighted by molar-refractivity contribution is 5.86. The highest BCUT2D eigenvalue weighted by Crippen LogP contribution is 2.26. The number of nitrogens with zero attached hydrogens (tertiary/aromatic N) is 1. The Bertz CT molecular complexity index is 490. The minimum Gasteiger partial charge on any atom is -0.493 e. The van der Waals surface area contributed by atoms with Gasteiger partial charge in [-0.3, -0.25) is 0 Å². The van der Waals surface area contributed by atoms with E-state index >= 15 is 0 Å². The molecule has 18 heavy (non-hydrogen) atoms. The van der Waals surface area contributed by atoms with Gasteiger partial charge in [-0.05, 0) is 44.6 Å². The number of rotatable bonds is 7. The number of hydrogen-bond acceptors (Lipinski definition) is 2. The minimum absolute atomic E-state index is 0.782. The Hall–Kier alpha value is -1.48. The normalized spacial score (nSPS) is 11.0. The van der Waals surface area contributed by atoms with E-state index in [2.05, 4.69) is 47.3 Å². The molecule has 0 fully saturated rings. The van der Waals surface area contributed by atoms with E-state index < -0.39 is 0 Å². The van der Waals surface area contributed by atoms with Gasteiger partial charge in [0.2, 0.25) is 0 Å². The smallest absolute Gasteiger partial charge is 0.128 e. The van der Waals surface area contributed by atoms with Gasteiger partial charge in [0.15, 0.2) is 0 Å². The molecule has 98 valence electrons. The molecule has 0 spiro atoms. The quantitative estimate of drug-likeness (QED) is 0.760. The summed E-state index contributed by atoms with van der Waals surface area (Å²) in [5, 5.41) is 4.40. The topological polar surface area (TPSA) is 26.2 Å². The lowest BCUT2D eigenvalue weighted by molar-refractivity contribution is 0.321. The van der Waals surface area contributed by atoms with Crippen molar-refractivity contribution in [2.75, 3.05) is 20.2 Å². The Kier molecular flexibility index (Phi) is 4.65.